The number of benzene rings is 1. The Kier molecular flexibility index (Phi) is 6.99. The van der Waals surface area contributed by atoms with Gasteiger partial charge in [0.1, 0.15) is 12.4 Å². The van der Waals surface area contributed by atoms with Crippen molar-refractivity contribution in [1.29, 1.82) is 0 Å². The molecule has 6 nitrogen and oxygen atoms in total. The van der Waals surface area contributed by atoms with E-state index in [9.17, 15) is 14.0 Å². The second kappa shape index (κ2) is 9.21. The summed E-state index contributed by atoms with van der Waals surface area (Å²) in [4.78, 5) is 29.2. The number of ether oxygens (including phenoxy) is 2. The molecule has 138 valence electrons. The van der Waals surface area contributed by atoms with Crippen LogP contribution in [0.1, 0.15) is 19.5 Å². The number of amides is 1. The first-order chi connectivity index (χ1) is 12.4. The quantitative estimate of drug-likeness (QED) is 0.519. The Morgan fingerprint density at radius 2 is 2.15 bits per heavy atom. The molecule has 2 aromatic rings. The Balaban J connectivity index is 2.08. The van der Waals surface area contributed by atoms with E-state index < -0.39 is 17.9 Å². The van der Waals surface area contributed by atoms with Crippen molar-refractivity contribution in [3.05, 3.63) is 53.8 Å². The molecule has 0 spiro atoms. The van der Waals surface area contributed by atoms with Gasteiger partial charge in [-0.15, -0.1) is 17.9 Å². The molecule has 0 saturated heterocycles. The van der Waals surface area contributed by atoms with Crippen molar-refractivity contribution in [2.24, 2.45) is 0 Å². The summed E-state index contributed by atoms with van der Waals surface area (Å²) >= 11 is 1.15. The van der Waals surface area contributed by atoms with E-state index in [2.05, 4.69) is 11.6 Å². The molecule has 0 saturated carbocycles. The Hall–Kier alpha value is -2.58. The number of hydrogen-bond donors (Lipinski definition) is 0. The highest BCUT2D eigenvalue weighted by molar-refractivity contribution is 7.14. The first-order valence-corrected chi connectivity index (χ1v) is 8.70. The predicted octanol–water partition coefficient (Wildman–Crippen LogP) is 3.60. The lowest BCUT2D eigenvalue weighted by Gasteiger charge is -2.18. The van der Waals surface area contributed by atoms with Gasteiger partial charge < -0.3 is 9.47 Å². The zero-order chi connectivity index (χ0) is 19.1. The Bertz CT molecular complexity index is 793. The fraction of sp³-hybridized carbons (Fsp3) is 0.278. The van der Waals surface area contributed by atoms with Crippen molar-refractivity contribution in [2.75, 3.05) is 11.5 Å². The number of para-hydroxylation sites is 1. The predicted molar refractivity (Wildman–Crippen MR) is 96.7 cm³/mol. The van der Waals surface area contributed by atoms with E-state index in [1.54, 1.807) is 24.4 Å². The van der Waals surface area contributed by atoms with E-state index in [-0.39, 0.29) is 24.8 Å². The van der Waals surface area contributed by atoms with E-state index in [4.69, 9.17) is 9.47 Å². The molecule has 1 aromatic carbocycles. The number of esters is 1. The summed E-state index contributed by atoms with van der Waals surface area (Å²) in [7, 11) is 0. The van der Waals surface area contributed by atoms with Gasteiger partial charge in [0, 0.05) is 12.3 Å². The molecule has 2 rings (SSSR count). The summed E-state index contributed by atoms with van der Waals surface area (Å²) in [6.45, 7) is 6.58. The van der Waals surface area contributed by atoms with Crippen LogP contribution in [0.5, 0.6) is 0 Å². The number of nitrogens with zero attached hydrogens (tertiary/aromatic N) is 2. The molecule has 1 amide bonds. The molecule has 0 bridgehead atoms. The number of halogens is 1. The lowest BCUT2D eigenvalue weighted by molar-refractivity contribution is -0.156. The van der Waals surface area contributed by atoms with Gasteiger partial charge >= 0.3 is 5.97 Å². The SMILES string of the molecule is C=CCOC(C)C(=O)OCc1csc(N(C(C)=O)c2ccccc2F)n1. The van der Waals surface area contributed by atoms with E-state index in [0.29, 0.717) is 10.8 Å². The standard InChI is InChI=1S/C18H19FN2O4S/c1-4-9-24-12(2)17(23)25-10-14-11-26-18(20-14)21(13(3)22)16-8-6-5-7-15(16)19/h4-8,11-12H,1,9-10H2,2-3H3. The van der Waals surface area contributed by atoms with Crippen molar-refractivity contribution in [3.8, 4) is 0 Å². The van der Waals surface area contributed by atoms with Crippen molar-refractivity contribution in [3.63, 3.8) is 0 Å². The molecule has 0 aliphatic heterocycles. The summed E-state index contributed by atoms with van der Waals surface area (Å²) in [6, 6.07) is 5.94. The number of anilines is 2. The first kappa shape index (κ1) is 19.7. The van der Waals surface area contributed by atoms with Gasteiger partial charge in [-0.2, -0.15) is 0 Å². The van der Waals surface area contributed by atoms with Gasteiger partial charge in [-0.1, -0.05) is 18.2 Å². The van der Waals surface area contributed by atoms with Crippen LogP contribution in [0.2, 0.25) is 0 Å². The van der Waals surface area contributed by atoms with Crippen LogP contribution in [0, 0.1) is 5.82 Å². The zero-order valence-electron chi connectivity index (χ0n) is 14.5. The van der Waals surface area contributed by atoms with Crippen LogP contribution in [0.3, 0.4) is 0 Å². The number of rotatable bonds is 8. The topological polar surface area (TPSA) is 68.7 Å². The summed E-state index contributed by atoms with van der Waals surface area (Å²) in [5.74, 6) is -1.43. The Morgan fingerprint density at radius 3 is 2.81 bits per heavy atom. The molecule has 26 heavy (non-hydrogen) atoms. The average molecular weight is 378 g/mol. The molecule has 1 heterocycles. The van der Waals surface area contributed by atoms with Crippen molar-refractivity contribution >= 4 is 34.0 Å². The third-order valence-corrected chi connectivity index (χ3v) is 4.17. The number of aromatic nitrogens is 1. The smallest absolute Gasteiger partial charge is 0.335 e. The maximum Gasteiger partial charge on any atom is 0.335 e. The van der Waals surface area contributed by atoms with Crippen molar-refractivity contribution in [1.82, 2.24) is 4.98 Å². The summed E-state index contributed by atoms with van der Waals surface area (Å²) in [6.07, 6.45) is 0.813. The van der Waals surface area contributed by atoms with Gasteiger partial charge in [-0.05, 0) is 19.1 Å². The molecule has 8 heteroatoms. The number of carbonyl (C=O) groups is 2. The Morgan fingerprint density at radius 1 is 1.42 bits per heavy atom. The summed E-state index contributed by atoms with van der Waals surface area (Å²) < 4.78 is 24.4. The van der Waals surface area contributed by atoms with E-state index in [1.807, 2.05) is 0 Å². The lowest BCUT2D eigenvalue weighted by Crippen LogP contribution is -2.24. The highest BCUT2D eigenvalue weighted by Crippen LogP contribution is 2.30. The van der Waals surface area contributed by atoms with E-state index in [1.165, 1.54) is 30.0 Å². The van der Waals surface area contributed by atoms with Crippen molar-refractivity contribution < 1.29 is 23.5 Å². The minimum absolute atomic E-state index is 0.0693. The highest BCUT2D eigenvalue weighted by Gasteiger charge is 2.21. The highest BCUT2D eigenvalue weighted by atomic mass is 32.1. The van der Waals surface area contributed by atoms with Gasteiger partial charge in [0.2, 0.25) is 5.91 Å². The largest absolute Gasteiger partial charge is 0.457 e. The molecular weight excluding hydrogens is 359 g/mol. The van der Waals surface area contributed by atoms with E-state index >= 15 is 0 Å². The fourth-order valence-corrected chi connectivity index (χ4v) is 2.91. The van der Waals surface area contributed by atoms with Crippen molar-refractivity contribution in [2.45, 2.75) is 26.6 Å². The number of carbonyl (C=O) groups excluding carboxylic acids is 2. The van der Waals surface area contributed by atoms with Crippen LogP contribution in [-0.2, 0) is 25.7 Å². The normalized spacial score (nSPS) is 11.7. The van der Waals surface area contributed by atoms with Crippen LogP contribution < -0.4 is 4.90 Å². The van der Waals surface area contributed by atoms with Gasteiger partial charge in [-0.3, -0.25) is 9.69 Å². The average Bonchev–Trinajstić information content (AvgIpc) is 3.07. The Labute approximate surface area is 154 Å². The third kappa shape index (κ3) is 4.96. The third-order valence-electron chi connectivity index (χ3n) is 3.30. The van der Waals surface area contributed by atoms with Crippen LogP contribution in [0.4, 0.5) is 15.2 Å². The number of thiazole rings is 1. The molecule has 1 atom stereocenters. The maximum atomic E-state index is 14.0. The van der Waals surface area contributed by atoms with Crippen LogP contribution >= 0.6 is 11.3 Å². The second-order valence-electron chi connectivity index (χ2n) is 5.30. The van der Waals surface area contributed by atoms with Gasteiger partial charge in [0.15, 0.2) is 11.2 Å². The zero-order valence-corrected chi connectivity index (χ0v) is 15.3. The first-order valence-electron chi connectivity index (χ1n) is 7.82. The number of hydrogen-bond acceptors (Lipinski definition) is 6. The van der Waals surface area contributed by atoms with E-state index in [0.717, 1.165) is 11.3 Å². The molecule has 0 aliphatic rings. The molecule has 1 unspecified atom stereocenters. The molecular formula is C18H19FN2O4S. The molecule has 0 radical (unpaired) electrons. The second-order valence-corrected chi connectivity index (χ2v) is 6.14. The minimum Gasteiger partial charge on any atom is -0.457 e. The molecule has 0 N–H and O–H groups in total. The molecule has 0 fully saturated rings. The van der Waals surface area contributed by atoms with Crippen LogP contribution in [0.15, 0.2) is 42.3 Å². The molecule has 1 aromatic heterocycles. The van der Waals surface area contributed by atoms with Crippen LogP contribution in [-0.4, -0.2) is 29.6 Å². The monoisotopic (exact) mass is 378 g/mol. The summed E-state index contributed by atoms with van der Waals surface area (Å²) in [5, 5.41) is 1.94. The van der Waals surface area contributed by atoms with Crippen LogP contribution in [0.25, 0.3) is 0 Å². The van der Waals surface area contributed by atoms with Gasteiger partial charge in [0.05, 0.1) is 18.0 Å². The summed E-state index contributed by atoms with van der Waals surface area (Å²) in [5.41, 5.74) is 0.571. The maximum absolute atomic E-state index is 14.0. The lowest BCUT2D eigenvalue weighted by atomic mass is 10.3. The minimum atomic E-state index is -0.724. The van der Waals surface area contributed by atoms with Gasteiger partial charge in [0.25, 0.3) is 0 Å². The molecule has 0 aliphatic carbocycles. The fourth-order valence-electron chi connectivity index (χ4n) is 2.05. The van der Waals surface area contributed by atoms with Gasteiger partial charge in [-0.25, -0.2) is 14.2 Å².